The van der Waals surface area contributed by atoms with Gasteiger partial charge in [0, 0.05) is 16.7 Å². The molecule has 0 saturated heterocycles. The summed E-state index contributed by atoms with van der Waals surface area (Å²) in [7, 11) is 0. The van der Waals surface area contributed by atoms with E-state index in [1.165, 1.54) is 16.7 Å². The van der Waals surface area contributed by atoms with Crippen molar-refractivity contribution in [1.29, 1.82) is 0 Å². The van der Waals surface area contributed by atoms with E-state index in [9.17, 15) is 10.2 Å². The molecular weight excluding hydrogens is 272 g/mol. The molecule has 0 aromatic carbocycles. The maximum absolute atomic E-state index is 10.4. The highest BCUT2D eigenvalue weighted by Gasteiger charge is 2.54. The fraction of sp³-hybridized carbons (Fsp3) is 0.600. The maximum Gasteiger partial charge on any atom is 0.0783 e. The summed E-state index contributed by atoms with van der Waals surface area (Å²) in [6.07, 6.45) is 13.0. The average molecular weight is 298 g/mol. The summed E-state index contributed by atoms with van der Waals surface area (Å²) in [4.78, 5) is 0. The van der Waals surface area contributed by atoms with E-state index in [4.69, 9.17) is 0 Å². The van der Waals surface area contributed by atoms with Crippen molar-refractivity contribution in [2.24, 2.45) is 22.7 Å². The molecule has 0 amide bonds. The Balaban J connectivity index is 1.85. The van der Waals surface area contributed by atoms with Crippen LogP contribution in [0.1, 0.15) is 40.0 Å². The zero-order valence-corrected chi connectivity index (χ0v) is 13.7. The number of aliphatic hydroxyl groups excluding tert-OH is 2. The highest BCUT2D eigenvalue weighted by Crippen LogP contribution is 2.61. The van der Waals surface area contributed by atoms with Crippen molar-refractivity contribution >= 4 is 0 Å². The summed E-state index contributed by atoms with van der Waals surface area (Å²) < 4.78 is 0. The predicted molar refractivity (Wildman–Crippen MR) is 88.1 cm³/mol. The molecule has 1 fully saturated rings. The minimum absolute atomic E-state index is 0.0350. The van der Waals surface area contributed by atoms with E-state index in [0.29, 0.717) is 11.8 Å². The lowest BCUT2D eigenvalue weighted by Gasteiger charge is -2.53. The van der Waals surface area contributed by atoms with Crippen LogP contribution in [0.15, 0.2) is 47.1 Å². The molecule has 0 heterocycles. The monoisotopic (exact) mass is 298 g/mol. The molecule has 4 aliphatic carbocycles. The molecule has 1 saturated carbocycles. The van der Waals surface area contributed by atoms with Crippen LogP contribution in [0, 0.1) is 22.7 Å². The Morgan fingerprint density at radius 1 is 1.14 bits per heavy atom. The zero-order valence-electron chi connectivity index (χ0n) is 13.7. The first-order valence-corrected chi connectivity index (χ1v) is 8.52. The topological polar surface area (TPSA) is 40.5 Å². The maximum atomic E-state index is 10.4. The number of hydrogen-bond donors (Lipinski definition) is 2. The Labute approximate surface area is 132 Å². The molecule has 6 atom stereocenters. The lowest BCUT2D eigenvalue weighted by atomic mass is 9.51. The molecule has 22 heavy (non-hydrogen) atoms. The lowest BCUT2D eigenvalue weighted by Crippen LogP contribution is -2.46. The predicted octanol–water partition coefficient (Wildman–Crippen LogP) is 3.53. The van der Waals surface area contributed by atoms with Crippen LogP contribution in [0.5, 0.6) is 0 Å². The normalized spacial score (nSPS) is 49.6. The first-order valence-electron chi connectivity index (χ1n) is 8.52. The van der Waals surface area contributed by atoms with Crippen LogP contribution in [0.25, 0.3) is 0 Å². The third kappa shape index (κ3) is 1.68. The van der Waals surface area contributed by atoms with E-state index >= 15 is 0 Å². The highest BCUT2D eigenvalue weighted by atomic mass is 16.3. The summed E-state index contributed by atoms with van der Waals surface area (Å²) in [6.45, 7) is 6.78. The number of fused-ring (bicyclic) bond motifs is 5. The molecule has 0 bridgehead atoms. The van der Waals surface area contributed by atoms with Crippen LogP contribution in [0.4, 0.5) is 0 Å². The van der Waals surface area contributed by atoms with Gasteiger partial charge >= 0.3 is 0 Å². The second-order valence-corrected chi connectivity index (χ2v) is 8.13. The minimum Gasteiger partial charge on any atom is -0.389 e. The van der Waals surface area contributed by atoms with Crippen molar-refractivity contribution < 1.29 is 10.2 Å². The van der Waals surface area contributed by atoms with Gasteiger partial charge in [-0.15, -0.1) is 0 Å². The second-order valence-electron chi connectivity index (χ2n) is 8.13. The Bertz CT molecular complexity index is 638. The van der Waals surface area contributed by atoms with Gasteiger partial charge in [0.2, 0.25) is 0 Å². The van der Waals surface area contributed by atoms with Gasteiger partial charge in [-0.3, -0.25) is 0 Å². The number of aliphatic hydroxyl groups is 2. The first-order chi connectivity index (χ1) is 10.4. The van der Waals surface area contributed by atoms with Gasteiger partial charge in [0.05, 0.1) is 12.2 Å². The third-order valence-corrected chi connectivity index (χ3v) is 6.91. The Hall–Kier alpha value is -1.12. The molecule has 0 radical (unpaired) electrons. The molecule has 0 aromatic rings. The second kappa shape index (κ2) is 4.46. The Kier molecular flexibility index (Phi) is 2.93. The van der Waals surface area contributed by atoms with Gasteiger partial charge in [-0.2, -0.15) is 0 Å². The van der Waals surface area contributed by atoms with Crippen molar-refractivity contribution in [1.82, 2.24) is 0 Å². The van der Waals surface area contributed by atoms with E-state index < -0.39 is 0 Å². The van der Waals surface area contributed by atoms with Crippen molar-refractivity contribution in [3.05, 3.63) is 47.1 Å². The Morgan fingerprint density at radius 3 is 2.68 bits per heavy atom. The van der Waals surface area contributed by atoms with E-state index in [1.807, 2.05) is 12.2 Å². The van der Waals surface area contributed by atoms with E-state index in [0.717, 1.165) is 19.3 Å². The van der Waals surface area contributed by atoms with Gasteiger partial charge in [0.1, 0.15) is 0 Å². The molecule has 2 N–H and O–H groups in total. The van der Waals surface area contributed by atoms with Gasteiger partial charge in [-0.05, 0) is 32.1 Å². The summed E-state index contributed by atoms with van der Waals surface area (Å²) >= 11 is 0. The third-order valence-electron chi connectivity index (χ3n) is 6.91. The quantitative estimate of drug-likeness (QED) is 0.672. The van der Waals surface area contributed by atoms with E-state index in [2.05, 4.69) is 39.0 Å². The van der Waals surface area contributed by atoms with Crippen LogP contribution in [0.2, 0.25) is 0 Å². The van der Waals surface area contributed by atoms with Crippen LogP contribution < -0.4 is 0 Å². The molecule has 2 unspecified atom stereocenters. The number of allylic oxidation sites excluding steroid dienone is 5. The molecule has 4 aliphatic rings. The van der Waals surface area contributed by atoms with E-state index in [1.54, 1.807) is 0 Å². The van der Waals surface area contributed by atoms with Gasteiger partial charge in [-0.1, -0.05) is 60.9 Å². The van der Waals surface area contributed by atoms with Crippen molar-refractivity contribution in [3.63, 3.8) is 0 Å². The zero-order chi connectivity index (χ0) is 15.7. The molecular formula is C20H26O2. The molecule has 0 aliphatic heterocycles. The molecule has 118 valence electrons. The lowest BCUT2D eigenvalue weighted by molar-refractivity contribution is 0.0262. The smallest absolute Gasteiger partial charge is 0.0783 e. The SMILES string of the molecule is CC1=C2[C@@H](CC[C@]3(C)C(O)C=C[C@@H]23)[C@@]2(C)C=CC(O)CC2=C1. The molecule has 2 nitrogen and oxygen atoms in total. The van der Waals surface area contributed by atoms with Crippen LogP contribution >= 0.6 is 0 Å². The number of rotatable bonds is 0. The van der Waals surface area contributed by atoms with Gasteiger partial charge in [0.15, 0.2) is 0 Å². The molecule has 0 aromatic heterocycles. The Morgan fingerprint density at radius 2 is 1.91 bits per heavy atom. The fourth-order valence-electron chi connectivity index (χ4n) is 5.40. The largest absolute Gasteiger partial charge is 0.389 e. The molecule has 0 spiro atoms. The minimum atomic E-state index is -0.337. The van der Waals surface area contributed by atoms with Crippen molar-refractivity contribution in [3.8, 4) is 0 Å². The summed E-state index contributed by atoms with van der Waals surface area (Å²) in [5.41, 5.74) is 4.26. The summed E-state index contributed by atoms with van der Waals surface area (Å²) in [5, 5.41) is 20.4. The summed E-state index contributed by atoms with van der Waals surface area (Å²) in [5.74, 6) is 0.861. The average Bonchev–Trinajstić information content (AvgIpc) is 2.77. The first kappa shape index (κ1) is 14.5. The fourth-order valence-corrected chi connectivity index (χ4v) is 5.40. The number of hydrogen-bond acceptors (Lipinski definition) is 2. The van der Waals surface area contributed by atoms with Gasteiger partial charge < -0.3 is 10.2 Å². The summed E-state index contributed by atoms with van der Waals surface area (Å²) in [6, 6.07) is 0. The van der Waals surface area contributed by atoms with Crippen LogP contribution in [-0.4, -0.2) is 22.4 Å². The molecule has 4 rings (SSSR count). The van der Waals surface area contributed by atoms with Gasteiger partial charge in [-0.25, -0.2) is 0 Å². The molecule has 2 heteroatoms. The van der Waals surface area contributed by atoms with Crippen molar-refractivity contribution in [2.45, 2.75) is 52.2 Å². The highest BCUT2D eigenvalue weighted by molar-refractivity contribution is 5.48. The van der Waals surface area contributed by atoms with Crippen molar-refractivity contribution in [2.75, 3.05) is 0 Å². The van der Waals surface area contributed by atoms with Crippen LogP contribution in [-0.2, 0) is 0 Å². The van der Waals surface area contributed by atoms with E-state index in [-0.39, 0.29) is 23.0 Å². The van der Waals surface area contributed by atoms with Crippen LogP contribution in [0.3, 0.4) is 0 Å². The standard InChI is InChI=1S/C20H26O2/c1-12-10-13-11-14(21)6-8-19(13,2)16-7-9-20(3)15(18(12)16)4-5-17(20)22/h4-6,8,10,14-17,21-22H,7,9,11H2,1-3H3/t14?,15-,16+,17?,19-,20-/m0/s1. The van der Waals surface area contributed by atoms with Gasteiger partial charge in [0.25, 0.3) is 0 Å².